The zero-order valence-electron chi connectivity index (χ0n) is 12.8. The Morgan fingerprint density at radius 1 is 1.17 bits per heavy atom. The molecule has 24 heavy (non-hydrogen) atoms. The van der Waals surface area contributed by atoms with Crippen LogP contribution in [0.5, 0.6) is 5.75 Å². The molecule has 0 heterocycles. The minimum atomic E-state index is -4.59. The van der Waals surface area contributed by atoms with Gasteiger partial charge in [-0.05, 0) is 42.7 Å². The fraction of sp³-hybridized carbons (Fsp3) is 0.250. The Balaban J connectivity index is 2.01. The molecule has 0 aromatic heterocycles. The van der Waals surface area contributed by atoms with Crippen LogP contribution in [0, 0.1) is 0 Å². The Kier molecular flexibility index (Phi) is 5.72. The standard InChI is InChI=1S/C16H18NO6P/c18-12-6-4-11(5-7-12)2-1-3-16(20)14-9-8-13(19)10-15(14)17-24(21,22)23/h4-9,18H,1-3,10H2,(H3,17,21,22,23). The van der Waals surface area contributed by atoms with Gasteiger partial charge in [0, 0.05) is 17.7 Å². The van der Waals surface area contributed by atoms with Crippen LogP contribution < -0.4 is 5.09 Å². The molecule has 0 bridgehead atoms. The van der Waals surface area contributed by atoms with E-state index in [1.807, 2.05) is 5.09 Å². The van der Waals surface area contributed by atoms with Crippen LogP contribution in [0.3, 0.4) is 0 Å². The van der Waals surface area contributed by atoms with Crippen LogP contribution in [0.2, 0.25) is 0 Å². The molecule has 2 rings (SSSR count). The van der Waals surface area contributed by atoms with Crippen LogP contribution >= 0.6 is 7.75 Å². The second-order valence-electron chi connectivity index (χ2n) is 5.47. The zero-order chi connectivity index (χ0) is 17.7. The van der Waals surface area contributed by atoms with Crippen molar-refractivity contribution in [2.45, 2.75) is 25.7 Å². The lowest BCUT2D eigenvalue weighted by molar-refractivity contribution is -0.115. The molecule has 0 saturated heterocycles. The third kappa shape index (κ3) is 5.45. The molecule has 1 aromatic rings. The van der Waals surface area contributed by atoms with E-state index in [0.717, 1.165) is 5.56 Å². The first kappa shape index (κ1) is 18.1. The monoisotopic (exact) mass is 351 g/mol. The predicted molar refractivity (Wildman–Crippen MR) is 87.0 cm³/mol. The fourth-order valence-corrected chi connectivity index (χ4v) is 2.94. The first-order chi connectivity index (χ1) is 11.2. The number of Topliss-reactive ketones (excluding diaryl/α,β-unsaturated/α-hetero) is 1. The number of phenols is 1. The number of aryl methyl sites for hydroxylation is 1. The number of carbonyl (C=O) groups is 2. The molecule has 0 unspecified atom stereocenters. The summed E-state index contributed by atoms with van der Waals surface area (Å²) in [7, 11) is -4.59. The summed E-state index contributed by atoms with van der Waals surface area (Å²) in [6.45, 7) is 0. The molecule has 1 aliphatic carbocycles. The molecular weight excluding hydrogens is 333 g/mol. The summed E-state index contributed by atoms with van der Waals surface area (Å²) in [6, 6.07) is 6.66. The molecule has 1 aromatic carbocycles. The van der Waals surface area contributed by atoms with Crippen LogP contribution in [0.25, 0.3) is 0 Å². The number of nitrogens with one attached hydrogen (secondary N) is 1. The molecule has 0 fully saturated rings. The fourth-order valence-electron chi connectivity index (χ4n) is 2.39. The molecule has 8 heteroatoms. The van der Waals surface area contributed by atoms with Gasteiger partial charge in [-0.2, -0.15) is 0 Å². The van der Waals surface area contributed by atoms with Crippen molar-refractivity contribution in [3.63, 3.8) is 0 Å². The molecule has 0 atom stereocenters. The lowest BCUT2D eigenvalue weighted by Gasteiger charge is -2.17. The summed E-state index contributed by atoms with van der Waals surface area (Å²) in [5.74, 6) is -0.440. The van der Waals surface area contributed by atoms with Crippen LogP contribution in [0.1, 0.15) is 24.8 Å². The maximum atomic E-state index is 12.3. The highest BCUT2D eigenvalue weighted by molar-refractivity contribution is 7.49. The maximum absolute atomic E-state index is 12.3. The summed E-state index contributed by atoms with van der Waals surface area (Å²) in [5.41, 5.74) is 1.06. The highest BCUT2D eigenvalue weighted by Gasteiger charge is 2.24. The number of allylic oxidation sites excluding steroid dienone is 4. The van der Waals surface area contributed by atoms with Crippen molar-refractivity contribution in [1.82, 2.24) is 5.09 Å². The van der Waals surface area contributed by atoms with Gasteiger partial charge in [-0.3, -0.25) is 14.7 Å². The van der Waals surface area contributed by atoms with Gasteiger partial charge in [0.25, 0.3) is 0 Å². The lowest BCUT2D eigenvalue weighted by atomic mass is 9.96. The highest BCUT2D eigenvalue weighted by Crippen LogP contribution is 2.33. The summed E-state index contributed by atoms with van der Waals surface area (Å²) in [4.78, 5) is 41.7. The van der Waals surface area contributed by atoms with Gasteiger partial charge in [-0.1, -0.05) is 12.1 Å². The number of rotatable bonds is 7. The number of ketones is 2. The Morgan fingerprint density at radius 3 is 2.46 bits per heavy atom. The van der Waals surface area contributed by atoms with Crippen molar-refractivity contribution in [3.05, 3.63) is 53.3 Å². The van der Waals surface area contributed by atoms with Crippen molar-refractivity contribution in [3.8, 4) is 5.75 Å². The summed E-state index contributed by atoms with van der Waals surface area (Å²) in [6.07, 6.45) is 3.65. The molecule has 7 nitrogen and oxygen atoms in total. The average Bonchev–Trinajstić information content (AvgIpc) is 2.47. The number of carbonyl (C=O) groups excluding carboxylic acids is 2. The van der Waals surface area contributed by atoms with E-state index in [0.29, 0.717) is 12.8 Å². The minimum Gasteiger partial charge on any atom is -0.508 e. The largest absolute Gasteiger partial charge is 0.508 e. The number of aromatic hydroxyl groups is 1. The molecule has 0 amide bonds. The molecular formula is C16H18NO6P. The van der Waals surface area contributed by atoms with Gasteiger partial charge < -0.3 is 14.9 Å². The molecule has 4 N–H and O–H groups in total. The Bertz CT molecular complexity index is 744. The normalized spacial score (nSPS) is 14.8. The number of benzene rings is 1. The van der Waals surface area contributed by atoms with Gasteiger partial charge in [0.15, 0.2) is 11.6 Å². The molecule has 0 spiro atoms. The van der Waals surface area contributed by atoms with E-state index in [1.165, 1.54) is 12.2 Å². The van der Waals surface area contributed by atoms with Gasteiger partial charge in [0.2, 0.25) is 0 Å². The second kappa shape index (κ2) is 7.57. The van der Waals surface area contributed by atoms with E-state index in [9.17, 15) is 19.3 Å². The van der Waals surface area contributed by atoms with Crippen LogP contribution in [-0.2, 0) is 20.6 Å². The van der Waals surface area contributed by atoms with Crippen LogP contribution in [0.15, 0.2) is 47.7 Å². The van der Waals surface area contributed by atoms with Gasteiger partial charge in [0.05, 0.1) is 6.42 Å². The second-order valence-corrected chi connectivity index (χ2v) is 6.78. The highest BCUT2D eigenvalue weighted by atomic mass is 31.2. The summed E-state index contributed by atoms with van der Waals surface area (Å²) >= 11 is 0. The third-order valence-electron chi connectivity index (χ3n) is 3.50. The van der Waals surface area contributed by atoms with Gasteiger partial charge in [-0.15, -0.1) is 0 Å². The van der Waals surface area contributed by atoms with Crippen molar-refractivity contribution in [1.29, 1.82) is 0 Å². The lowest BCUT2D eigenvalue weighted by Crippen LogP contribution is -2.20. The van der Waals surface area contributed by atoms with Crippen LogP contribution in [-0.4, -0.2) is 26.5 Å². The van der Waals surface area contributed by atoms with E-state index < -0.39 is 7.75 Å². The molecule has 0 radical (unpaired) electrons. The molecule has 0 aliphatic heterocycles. The van der Waals surface area contributed by atoms with Crippen molar-refractivity contribution in [2.75, 3.05) is 0 Å². The summed E-state index contributed by atoms with van der Waals surface area (Å²) < 4.78 is 11.1. The van der Waals surface area contributed by atoms with Crippen molar-refractivity contribution >= 4 is 19.3 Å². The van der Waals surface area contributed by atoms with E-state index >= 15 is 0 Å². The minimum absolute atomic E-state index is 0.0366. The van der Waals surface area contributed by atoms with Gasteiger partial charge in [0.1, 0.15) is 5.75 Å². The number of phenolic OH excluding ortho intramolecular Hbond substituents is 1. The SMILES string of the molecule is O=C1C=CC(C(=O)CCCc2ccc(O)cc2)=C(NP(=O)(O)O)C1. The summed E-state index contributed by atoms with van der Waals surface area (Å²) in [5, 5.41) is 11.2. The van der Waals surface area contributed by atoms with E-state index in [-0.39, 0.29) is 41.4 Å². The Morgan fingerprint density at radius 2 is 1.83 bits per heavy atom. The molecule has 128 valence electrons. The van der Waals surface area contributed by atoms with E-state index in [4.69, 9.17) is 9.79 Å². The van der Waals surface area contributed by atoms with Crippen molar-refractivity contribution < 1.29 is 29.0 Å². The molecule has 1 aliphatic rings. The molecule has 0 saturated carbocycles. The van der Waals surface area contributed by atoms with Crippen LogP contribution in [0.4, 0.5) is 0 Å². The smallest absolute Gasteiger partial charge is 0.427 e. The third-order valence-corrected chi connectivity index (χ3v) is 4.06. The van der Waals surface area contributed by atoms with E-state index in [2.05, 4.69) is 0 Å². The maximum Gasteiger partial charge on any atom is 0.427 e. The van der Waals surface area contributed by atoms with Gasteiger partial charge >= 0.3 is 7.75 Å². The topological polar surface area (TPSA) is 124 Å². The zero-order valence-corrected chi connectivity index (χ0v) is 13.7. The average molecular weight is 351 g/mol. The first-order valence-electron chi connectivity index (χ1n) is 7.33. The van der Waals surface area contributed by atoms with Gasteiger partial charge in [-0.25, -0.2) is 4.57 Å². The number of hydrogen-bond acceptors (Lipinski definition) is 4. The quantitative estimate of drug-likeness (QED) is 0.552. The Hall–Kier alpha value is -2.21. The number of hydrogen-bond donors (Lipinski definition) is 4. The Labute approximate surface area is 138 Å². The van der Waals surface area contributed by atoms with Crippen molar-refractivity contribution in [2.24, 2.45) is 0 Å². The predicted octanol–water partition coefficient (Wildman–Crippen LogP) is 1.75. The van der Waals surface area contributed by atoms with E-state index in [1.54, 1.807) is 24.3 Å². The first-order valence-corrected chi connectivity index (χ1v) is 8.95.